The van der Waals surface area contributed by atoms with E-state index in [0.29, 0.717) is 0 Å². The molecular weight excluding hydrogens is 292 g/mol. The standard InChI is InChI=1S/C13H23BrN4/c1-15-9-11-8-12(14)10-16-13(11)18(4)7-5-6-17(2)3/h8,10,15H,5-7,9H2,1-4H3. The zero-order chi connectivity index (χ0) is 13.5. The Bertz CT molecular complexity index is 368. The van der Waals surface area contributed by atoms with Gasteiger partial charge >= 0.3 is 0 Å². The number of hydrogen-bond donors (Lipinski definition) is 1. The number of anilines is 1. The minimum absolute atomic E-state index is 0.833. The lowest BCUT2D eigenvalue weighted by Crippen LogP contribution is -2.25. The van der Waals surface area contributed by atoms with Crippen molar-refractivity contribution >= 4 is 21.7 Å². The van der Waals surface area contributed by atoms with E-state index in [-0.39, 0.29) is 0 Å². The van der Waals surface area contributed by atoms with Crippen LogP contribution in [0.3, 0.4) is 0 Å². The summed E-state index contributed by atoms with van der Waals surface area (Å²) < 4.78 is 1.03. The zero-order valence-electron chi connectivity index (χ0n) is 11.7. The molecule has 4 nitrogen and oxygen atoms in total. The summed E-state index contributed by atoms with van der Waals surface area (Å²) in [6.45, 7) is 2.95. The van der Waals surface area contributed by atoms with Crippen LogP contribution >= 0.6 is 15.9 Å². The number of hydrogen-bond acceptors (Lipinski definition) is 4. The Balaban J connectivity index is 2.68. The van der Waals surface area contributed by atoms with E-state index in [1.807, 2.05) is 13.2 Å². The van der Waals surface area contributed by atoms with Crippen LogP contribution in [0.2, 0.25) is 0 Å². The van der Waals surface area contributed by atoms with Crippen LogP contribution in [0.15, 0.2) is 16.7 Å². The molecule has 1 aromatic rings. The minimum Gasteiger partial charge on any atom is -0.359 e. The molecule has 0 aliphatic heterocycles. The van der Waals surface area contributed by atoms with Gasteiger partial charge in [0.05, 0.1) is 0 Å². The highest BCUT2D eigenvalue weighted by molar-refractivity contribution is 9.10. The highest BCUT2D eigenvalue weighted by Gasteiger charge is 2.09. The largest absolute Gasteiger partial charge is 0.359 e. The van der Waals surface area contributed by atoms with E-state index >= 15 is 0 Å². The lowest BCUT2D eigenvalue weighted by molar-refractivity contribution is 0.401. The fourth-order valence-electron chi connectivity index (χ4n) is 1.87. The third kappa shape index (κ3) is 4.92. The molecule has 0 saturated carbocycles. The number of nitrogens with one attached hydrogen (secondary N) is 1. The van der Waals surface area contributed by atoms with Gasteiger partial charge in [0.2, 0.25) is 0 Å². The van der Waals surface area contributed by atoms with E-state index < -0.39 is 0 Å². The van der Waals surface area contributed by atoms with Crippen LogP contribution in [0.4, 0.5) is 5.82 Å². The average molecular weight is 315 g/mol. The molecule has 0 bridgehead atoms. The minimum atomic E-state index is 0.833. The number of nitrogens with zero attached hydrogens (tertiary/aromatic N) is 3. The Labute approximate surface area is 119 Å². The third-order valence-corrected chi connectivity index (χ3v) is 3.17. The number of halogens is 1. The quantitative estimate of drug-likeness (QED) is 0.833. The molecule has 0 aromatic carbocycles. The highest BCUT2D eigenvalue weighted by Crippen LogP contribution is 2.20. The molecular formula is C13H23BrN4. The van der Waals surface area contributed by atoms with Gasteiger partial charge in [-0.3, -0.25) is 0 Å². The molecule has 0 spiro atoms. The van der Waals surface area contributed by atoms with Crippen molar-refractivity contribution in [2.24, 2.45) is 0 Å². The monoisotopic (exact) mass is 314 g/mol. The summed E-state index contributed by atoms with van der Waals surface area (Å²) in [6.07, 6.45) is 3.00. The van der Waals surface area contributed by atoms with E-state index in [4.69, 9.17) is 0 Å². The summed E-state index contributed by atoms with van der Waals surface area (Å²) in [5.41, 5.74) is 1.22. The summed E-state index contributed by atoms with van der Waals surface area (Å²) in [5.74, 6) is 1.06. The fourth-order valence-corrected chi connectivity index (χ4v) is 2.25. The van der Waals surface area contributed by atoms with Crippen molar-refractivity contribution in [1.82, 2.24) is 15.2 Å². The lowest BCUT2D eigenvalue weighted by atomic mass is 10.2. The second kappa shape index (κ2) is 7.71. The Morgan fingerprint density at radius 3 is 2.61 bits per heavy atom. The summed E-state index contributed by atoms with van der Waals surface area (Å²) in [7, 11) is 8.26. The molecule has 102 valence electrons. The van der Waals surface area contributed by atoms with Crippen LogP contribution in [0.5, 0.6) is 0 Å². The first-order chi connectivity index (χ1) is 8.54. The van der Waals surface area contributed by atoms with Gasteiger partial charge in [-0.1, -0.05) is 0 Å². The van der Waals surface area contributed by atoms with Crippen LogP contribution < -0.4 is 10.2 Å². The van der Waals surface area contributed by atoms with Crippen molar-refractivity contribution in [2.45, 2.75) is 13.0 Å². The Morgan fingerprint density at radius 2 is 2.00 bits per heavy atom. The van der Waals surface area contributed by atoms with E-state index in [1.54, 1.807) is 0 Å². The van der Waals surface area contributed by atoms with Crippen molar-refractivity contribution < 1.29 is 0 Å². The number of rotatable bonds is 7. The molecule has 0 unspecified atom stereocenters. The summed E-state index contributed by atoms with van der Waals surface area (Å²) >= 11 is 3.47. The van der Waals surface area contributed by atoms with Crippen LogP contribution in [-0.4, -0.2) is 51.2 Å². The highest BCUT2D eigenvalue weighted by atomic mass is 79.9. The molecule has 1 N–H and O–H groups in total. The van der Waals surface area contributed by atoms with Crippen LogP contribution in [-0.2, 0) is 6.54 Å². The lowest BCUT2D eigenvalue weighted by Gasteiger charge is -2.22. The molecule has 0 radical (unpaired) electrons. The van der Waals surface area contributed by atoms with E-state index in [0.717, 1.165) is 36.3 Å². The van der Waals surface area contributed by atoms with Crippen LogP contribution in [0.1, 0.15) is 12.0 Å². The average Bonchev–Trinajstić information content (AvgIpc) is 2.29. The number of aromatic nitrogens is 1. The third-order valence-electron chi connectivity index (χ3n) is 2.74. The first-order valence-electron chi connectivity index (χ1n) is 6.19. The molecule has 1 heterocycles. The molecule has 0 atom stereocenters. The molecule has 0 aliphatic rings. The maximum Gasteiger partial charge on any atom is 0.132 e. The Morgan fingerprint density at radius 1 is 1.28 bits per heavy atom. The molecule has 1 rings (SSSR count). The van der Waals surface area contributed by atoms with E-state index in [1.165, 1.54) is 5.56 Å². The van der Waals surface area contributed by atoms with Crippen molar-refractivity contribution in [3.8, 4) is 0 Å². The molecule has 5 heteroatoms. The van der Waals surface area contributed by atoms with Crippen molar-refractivity contribution in [2.75, 3.05) is 46.2 Å². The summed E-state index contributed by atoms with van der Waals surface area (Å²) in [5, 5.41) is 3.19. The van der Waals surface area contributed by atoms with Gasteiger partial charge in [-0.25, -0.2) is 4.98 Å². The van der Waals surface area contributed by atoms with Gasteiger partial charge in [0.25, 0.3) is 0 Å². The van der Waals surface area contributed by atoms with E-state index in [9.17, 15) is 0 Å². The van der Waals surface area contributed by atoms with Gasteiger partial charge in [0, 0.05) is 36.4 Å². The maximum absolute atomic E-state index is 4.52. The first-order valence-corrected chi connectivity index (χ1v) is 6.98. The molecule has 1 aromatic heterocycles. The second-order valence-electron chi connectivity index (χ2n) is 4.74. The molecule has 0 fully saturated rings. The Kier molecular flexibility index (Phi) is 6.60. The summed E-state index contributed by atoms with van der Waals surface area (Å²) in [4.78, 5) is 8.95. The fraction of sp³-hybridized carbons (Fsp3) is 0.615. The van der Waals surface area contributed by atoms with Gasteiger partial charge in [-0.05, 0) is 56.1 Å². The second-order valence-corrected chi connectivity index (χ2v) is 5.66. The molecule has 18 heavy (non-hydrogen) atoms. The Hall–Kier alpha value is -0.650. The van der Waals surface area contributed by atoms with Gasteiger partial charge in [0.15, 0.2) is 0 Å². The van der Waals surface area contributed by atoms with Crippen molar-refractivity contribution in [1.29, 1.82) is 0 Å². The SMILES string of the molecule is CNCc1cc(Br)cnc1N(C)CCCN(C)C. The zero-order valence-corrected chi connectivity index (χ0v) is 13.3. The molecule has 0 amide bonds. The first kappa shape index (κ1) is 15.4. The van der Waals surface area contributed by atoms with Crippen LogP contribution in [0, 0.1) is 0 Å². The normalized spacial score (nSPS) is 11.0. The smallest absolute Gasteiger partial charge is 0.132 e. The van der Waals surface area contributed by atoms with Gasteiger partial charge in [0.1, 0.15) is 5.82 Å². The van der Waals surface area contributed by atoms with Crippen molar-refractivity contribution in [3.63, 3.8) is 0 Å². The number of pyridine rings is 1. The molecule has 0 aliphatic carbocycles. The predicted octanol–water partition coefficient (Wildman–Crippen LogP) is 1.95. The maximum atomic E-state index is 4.52. The van der Waals surface area contributed by atoms with Gasteiger partial charge in [-0.15, -0.1) is 0 Å². The predicted molar refractivity (Wildman–Crippen MR) is 81.1 cm³/mol. The van der Waals surface area contributed by atoms with E-state index in [2.05, 4.69) is 63.2 Å². The molecule has 0 saturated heterocycles. The van der Waals surface area contributed by atoms with Crippen molar-refractivity contribution in [3.05, 3.63) is 22.3 Å². The topological polar surface area (TPSA) is 31.4 Å². The van der Waals surface area contributed by atoms with Crippen LogP contribution in [0.25, 0.3) is 0 Å². The van der Waals surface area contributed by atoms with Gasteiger partial charge < -0.3 is 15.1 Å². The van der Waals surface area contributed by atoms with Gasteiger partial charge in [-0.2, -0.15) is 0 Å². The summed E-state index contributed by atoms with van der Waals surface area (Å²) in [6, 6.07) is 2.13.